The van der Waals surface area contributed by atoms with Crippen molar-refractivity contribution in [2.45, 2.75) is 5.92 Å². The molecule has 5 heterocycles. The van der Waals surface area contributed by atoms with Gasteiger partial charge < -0.3 is 9.42 Å². The number of carbonyl (C=O) groups excluding carboxylic acids is 1. The van der Waals surface area contributed by atoms with Gasteiger partial charge in [0.1, 0.15) is 0 Å². The second-order valence-electron chi connectivity index (χ2n) is 6.08. The molecule has 0 bridgehead atoms. The van der Waals surface area contributed by atoms with Gasteiger partial charge in [0.25, 0.3) is 5.91 Å². The number of rotatable bonds is 4. The second-order valence-corrected chi connectivity index (χ2v) is 7.03. The van der Waals surface area contributed by atoms with Crippen LogP contribution in [-0.2, 0) is 0 Å². The quantitative estimate of drug-likeness (QED) is 0.578. The van der Waals surface area contributed by atoms with Crippen molar-refractivity contribution in [2.75, 3.05) is 13.1 Å². The second kappa shape index (κ2) is 6.40. The van der Waals surface area contributed by atoms with Gasteiger partial charge in [0.05, 0.1) is 16.5 Å². The molecule has 10 heteroatoms. The molecule has 0 atom stereocenters. The molecule has 1 fully saturated rings. The van der Waals surface area contributed by atoms with Gasteiger partial charge in [0.2, 0.25) is 17.5 Å². The lowest BCUT2D eigenvalue weighted by Crippen LogP contribution is -2.48. The summed E-state index contributed by atoms with van der Waals surface area (Å²) in [5, 5.41) is 13.0. The van der Waals surface area contributed by atoms with Crippen molar-refractivity contribution >= 4 is 17.2 Å². The van der Waals surface area contributed by atoms with E-state index in [9.17, 15) is 4.79 Å². The minimum Gasteiger partial charge on any atom is -0.338 e. The Hall–Kier alpha value is -3.40. The molecule has 0 aromatic carbocycles. The smallest absolute Gasteiger partial charge is 0.274 e. The molecule has 4 aromatic rings. The monoisotopic (exact) mass is 379 g/mol. The lowest BCUT2D eigenvalue weighted by Gasteiger charge is -2.36. The van der Waals surface area contributed by atoms with Crippen LogP contribution in [0.1, 0.15) is 22.3 Å². The number of aromatic nitrogens is 6. The SMILES string of the molecule is O=C(c1cc(-c2cccs2)[nH]n1)N1CC(c2nc(-c3ncccn3)no2)C1. The van der Waals surface area contributed by atoms with E-state index in [4.69, 9.17) is 4.52 Å². The van der Waals surface area contributed by atoms with Gasteiger partial charge in [-0.15, -0.1) is 11.3 Å². The zero-order valence-electron chi connectivity index (χ0n) is 13.9. The number of amides is 1. The average molecular weight is 379 g/mol. The Morgan fingerprint density at radius 2 is 2.07 bits per heavy atom. The third-order valence-electron chi connectivity index (χ3n) is 4.31. The van der Waals surface area contributed by atoms with Gasteiger partial charge in [-0.2, -0.15) is 10.1 Å². The number of hydrogen-bond acceptors (Lipinski definition) is 8. The molecule has 1 aliphatic rings. The van der Waals surface area contributed by atoms with Crippen LogP contribution in [0.15, 0.2) is 46.6 Å². The molecule has 1 amide bonds. The third kappa shape index (κ3) is 2.89. The molecule has 134 valence electrons. The molecule has 0 spiro atoms. The zero-order valence-corrected chi connectivity index (χ0v) is 14.8. The number of aromatic amines is 1. The molecule has 0 saturated carbocycles. The topological polar surface area (TPSA) is 114 Å². The molecule has 9 nitrogen and oxygen atoms in total. The van der Waals surface area contributed by atoms with E-state index in [1.54, 1.807) is 40.8 Å². The van der Waals surface area contributed by atoms with Crippen molar-refractivity contribution in [3.05, 3.63) is 53.6 Å². The van der Waals surface area contributed by atoms with Crippen LogP contribution in [-0.4, -0.2) is 54.2 Å². The van der Waals surface area contributed by atoms with E-state index in [0.29, 0.717) is 36.3 Å². The minimum absolute atomic E-state index is 0.00891. The van der Waals surface area contributed by atoms with Gasteiger partial charge in [-0.05, 0) is 23.6 Å². The summed E-state index contributed by atoms with van der Waals surface area (Å²) in [7, 11) is 0. The molecule has 1 aliphatic heterocycles. The van der Waals surface area contributed by atoms with E-state index < -0.39 is 0 Å². The summed E-state index contributed by atoms with van der Waals surface area (Å²) in [5.74, 6) is 1.15. The minimum atomic E-state index is -0.114. The number of carbonyl (C=O) groups is 1. The van der Waals surface area contributed by atoms with Crippen molar-refractivity contribution in [3.63, 3.8) is 0 Å². The molecule has 4 aromatic heterocycles. The highest BCUT2D eigenvalue weighted by Crippen LogP contribution is 2.29. The van der Waals surface area contributed by atoms with Crippen LogP contribution in [0, 0.1) is 0 Å². The van der Waals surface area contributed by atoms with Gasteiger partial charge in [-0.1, -0.05) is 11.2 Å². The van der Waals surface area contributed by atoms with Crippen LogP contribution in [0.25, 0.3) is 22.2 Å². The highest BCUT2D eigenvalue weighted by atomic mass is 32.1. The normalized spacial score (nSPS) is 14.3. The first kappa shape index (κ1) is 15.8. The molecule has 1 N–H and O–H groups in total. The maximum atomic E-state index is 12.6. The summed E-state index contributed by atoms with van der Waals surface area (Å²) in [5.41, 5.74) is 1.25. The summed E-state index contributed by atoms with van der Waals surface area (Å²) in [6.07, 6.45) is 3.24. The van der Waals surface area contributed by atoms with Crippen molar-refractivity contribution in [1.29, 1.82) is 0 Å². The summed E-state index contributed by atoms with van der Waals surface area (Å²) in [4.78, 5) is 27.9. The van der Waals surface area contributed by atoms with E-state index in [0.717, 1.165) is 10.6 Å². The number of hydrogen-bond donors (Lipinski definition) is 1. The van der Waals surface area contributed by atoms with Crippen molar-refractivity contribution in [1.82, 2.24) is 35.2 Å². The van der Waals surface area contributed by atoms with Crippen molar-refractivity contribution in [3.8, 4) is 22.2 Å². The van der Waals surface area contributed by atoms with Crippen LogP contribution < -0.4 is 0 Å². The van der Waals surface area contributed by atoms with E-state index in [2.05, 4.69) is 30.3 Å². The maximum absolute atomic E-state index is 12.6. The van der Waals surface area contributed by atoms with Gasteiger partial charge in [0, 0.05) is 25.5 Å². The molecule has 0 unspecified atom stereocenters. The average Bonchev–Trinajstić information content (AvgIpc) is 3.41. The number of thiophene rings is 1. The zero-order chi connectivity index (χ0) is 18.2. The van der Waals surface area contributed by atoms with Crippen LogP contribution in [0.3, 0.4) is 0 Å². The fourth-order valence-corrected chi connectivity index (χ4v) is 3.55. The highest BCUT2D eigenvalue weighted by Gasteiger charge is 2.37. The lowest BCUT2D eigenvalue weighted by atomic mass is 9.99. The van der Waals surface area contributed by atoms with Crippen LogP contribution in [0.2, 0.25) is 0 Å². The Bertz CT molecular complexity index is 1070. The Balaban J connectivity index is 1.24. The van der Waals surface area contributed by atoms with Gasteiger partial charge in [0.15, 0.2) is 5.69 Å². The van der Waals surface area contributed by atoms with Crippen LogP contribution in [0.4, 0.5) is 0 Å². The van der Waals surface area contributed by atoms with E-state index >= 15 is 0 Å². The molecule has 27 heavy (non-hydrogen) atoms. The fraction of sp³-hybridized carbons (Fsp3) is 0.176. The first-order valence-corrected chi connectivity index (χ1v) is 9.15. The fourth-order valence-electron chi connectivity index (χ4n) is 2.86. The summed E-state index contributed by atoms with van der Waals surface area (Å²) >= 11 is 1.59. The number of nitrogens with zero attached hydrogens (tertiary/aromatic N) is 6. The van der Waals surface area contributed by atoms with E-state index in [1.165, 1.54) is 0 Å². The van der Waals surface area contributed by atoms with E-state index in [-0.39, 0.29) is 11.8 Å². The van der Waals surface area contributed by atoms with Crippen molar-refractivity contribution in [2.24, 2.45) is 0 Å². The molecule has 0 radical (unpaired) electrons. The van der Waals surface area contributed by atoms with Gasteiger partial charge >= 0.3 is 0 Å². The Morgan fingerprint density at radius 1 is 1.22 bits per heavy atom. The van der Waals surface area contributed by atoms with E-state index in [1.807, 2.05) is 17.5 Å². The molecule has 0 aliphatic carbocycles. The number of likely N-dealkylation sites (tertiary alicyclic amines) is 1. The Morgan fingerprint density at radius 3 is 2.85 bits per heavy atom. The number of nitrogens with one attached hydrogen (secondary N) is 1. The van der Waals surface area contributed by atoms with Gasteiger partial charge in [-0.3, -0.25) is 9.89 Å². The Labute approximate surface area is 157 Å². The number of H-pyrrole nitrogens is 1. The first-order valence-electron chi connectivity index (χ1n) is 8.27. The molecular weight excluding hydrogens is 366 g/mol. The molecule has 5 rings (SSSR count). The summed E-state index contributed by atoms with van der Waals surface area (Å²) in [6, 6.07) is 7.44. The Kier molecular flexibility index (Phi) is 3.75. The first-order chi connectivity index (χ1) is 13.3. The molecular formula is C17H13N7O2S. The predicted molar refractivity (Wildman–Crippen MR) is 95.9 cm³/mol. The molecule has 1 saturated heterocycles. The standard InChI is InChI=1S/C17H13N7O2S/c25-17(12-7-11(21-22-12)13-3-1-6-27-13)24-8-10(9-24)16-20-15(23-26-16)14-18-4-2-5-19-14/h1-7,10H,8-9H2,(H,21,22). The maximum Gasteiger partial charge on any atom is 0.274 e. The largest absolute Gasteiger partial charge is 0.338 e. The lowest BCUT2D eigenvalue weighted by molar-refractivity contribution is 0.0563. The highest BCUT2D eigenvalue weighted by molar-refractivity contribution is 7.13. The van der Waals surface area contributed by atoms with Crippen LogP contribution >= 0.6 is 11.3 Å². The third-order valence-corrected chi connectivity index (χ3v) is 5.21. The predicted octanol–water partition coefficient (Wildman–Crippen LogP) is 2.22. The van der Waals surface area contributed by atoms with Gasteiger partial charge in [-0.25, -0.2) is 9.97 Å². The van der Waals surface area contributed by atoms with Crippen LogP contribution in [0.5, 0.6) is 0 Å². The summed E-state index contributed by atoms with van der Waals surface area (Å²) in [6.45, 7) is 1.02. The summed E-state index contributed by atoms with van der Waals surface area (Å²) < 4.78 is 5.31. The van der Waals surface area contributed by atoms with Crippen molar-refractivity contribution < 1.29 is 9.32 Å².